The highest BCUT2D eigenvalue weighted by Gasteiger charge is 2.61. The van der Waals surface area contributed by atoms with Crippen LogP contribution in [-0.2, 0) is 23.9 Å². The predicted octanol–water partition coefficient (Wildman–Crippen LogP) is 5.72. The van der Waals surface area contributed by atoms with Gasteiger partial charge in [-0.05, 0) is 63.5 Å². The van der Waals surface area contributed by atoms with E-state index in [2.05, 4.69) is 25.9 Å². The Hall–Kier alpha value is -5.32. The van der Waals surface area contributed by atoms with Gasteiger partial charge in [0.25, 0.3) is 0 Å². The number of rotatable bonds is 9. The largest absolute Gasteiger partial charge is 0.494 e. The van der Waals surface area contributed by atoms with Gasteiger partial charge in [0.1, 0.15) is 46.8 Å². The number of ether oxygens (including phenoxy) is 3. The zero-order valence-electron chi connectivity index (χ0n) is 31.9. The van der Waals surface area contributed by atoms with Crippen LogP contribution in [0.5, 0.6) is 11.5 Å². The number of aliphatic carboxylic acids is 1. The minimum Gasteiger partial charge on any atom is -0.494 e. The van der Waals surface area contributed by atoms with E-state index in [1.165, 1.54) is 29.4 Å². The van der Waals surface area contributed by atoms with Gasteiger partial charge in [0.2, 0.25) is 17.7 Å². The van der Waals surface area contributed by atoms with Gasteiger partial charge >= 0.3 is 12.1 Å². The number of thiazole rings is 1. The summed E-state index contributed by atoms with van der Waals surface area (Å²) in [5.74, 6) is -3.58. The number of nitrogens with one attached hydrogen (secondary N) is 3. The van der Waals surface area contributed by atoms with E-state index in [1.54, 1.807) is 24.4 Å². The third-order valence-electron chi connectivity index (χ3n) is 11.2. The molecule has 0 spiro atoms. The number of allylic oxidation sites excluding steroid dienone is 1. The molecule has 1 saturated heterocycles. The maximum atomic E-state index is 15.8. The summed E-state index contributed by atoms with van der Waals surface area (Å²) in [6.45, 7) is 1.62. The number of carboxylic acid groups (broad SMARTS) is 1. The van der Waals surface area contributed by atoms with Gasteiger partial charge in [-0.1, -0.05) is 31.9 Å². The van der Waals surface area contributed by atoms with Crippen molar-refractivity contribution >= 4 is 57.2 Å². The second kappa shape index (κ2) is 17.0. The van der Waals surface area contributed by atoms with E-state index in [0.717, 1.165) is 38.5 Å². The van der Waals surface area contributed by atoms with E-state index < -0.39 is 59.3 Å². The Kier molecular flexibility index (Phi) is 11.9. The van der Waals surface area contributed by atoms with E-state index >= 15 is 4.39 Å². The van der Waals surface area contributed by atoms with Gasteiger partial charge < -0.3 is 40.2 Å². The zero-order valence-corrected chi connectivity index (χ0v) is 32.7. The van der Waals surface area contributed by atoms with Crippen LogP contribution in [0.2, 0.25) is 0 Å². The summed E-state index contributed by atoms with van der Waals surface area (Å²) >= 11 is 1.17. The summed E-state index contributed by atoms with van der Waals surface area (Å²) in [7, 11) is 1.33. The molecule has 5 atom stereocenters. The Bertz CT molecular complexity index is 2070. The van der Waals surface area contributed by atoms with Gasteiger partial charge in [0.15, 0.2) is 16.7 Å². The van der Waals surface area contributed by atoms with E-state index in [1.807, 2.05) is 12.2 Å². The standard InChI is InChI=1S/C40H47FN6O9S/c1-3-32(48)45-38-43-28(21-57-38)27-18-31(25-15-16-30(54-2)33(41)34(25)42-27)55-24-17-29-35(49)46-40(37(51)52)19-22(40)11-7-5-4-6-8-14-26(36(50)47(29)20-24)44-39(53)56-23-12-9-10-13-23/h7,11,15-16,18,21-24,26,29H,3-6,8-10,12-14,17,19-20H2,1-2H3,(H,44,53)(H,46,49)(H,51,52)(H,43,45,48)/b11-7-/t22-,24+,26-,29-,40+/m0/s1. The molecule has 4 amide bonds. The molecule has 7 rings (SSSR count). The van der Waals surface area contributed by atoms with Crippen LogP contribution in [-0.4, -0.2) is 93.2 Å². The molecule has 0 bridgehead atoms. The minimum atomic E-state index is -1.51. The van der Waals surface area contributed by atoms with Gasteiger partial charge in [-0.25, -0.2) is 23.9 Å². The van der Waals surface area contributed by atoms with Crippen LogP contribution in [0.1, 0.15) is 84.0 Å². The first-order chi connectivity index (χ1) is 27.5. The second-order valence-corrected chi connectivity index (χ2v) is 15.9. The molecule has 2 aliphatic carbocycles. The lowest BCUT2D eigenvalue weighted by Crippen LogP contribution is -2.56. The smallest absolute Gasteiger partial charge is 0.408 e. The van der Waals surface area contributed by atoms with Crippen molar-refractivity contribution in [3.8, 4) is 22.9 Å². The number of alkyl carbamates (subject to hydrolysis) is 1. The first-order valence-electron chi connectivity index (χ1n) is 19.6. The van der Waals surface area contributed by atoms with Crippen LogP contribution >= 0.6 is 11.3 Å². The van der Waals surface area contributed by atoms with E-state index in [9.17, 15) is 29.1 Å². The van der Waals surface area contributed by atoms with Crippen LogP contribution < -0.4 is 25.4 Å². The molecule has 57 heavy (non-hydrogen) atoms. The van der Waals surface area contributed by atoms with Gasteiger partial charge in [-0.3, -0.25) is 14.4 Å². The molecule has 0 radical (unpaired) electrons. The Labute approximate surface area is 332 Å². The highest BCUT2D eigenvalue weighted by atomic mass is 32.1. The molecular weight excluding hydrogens is 760 g/mol. The molecule has 0 unspecified atom stereocenters. The number of hydrogen-bond acceptors (Lipinski definition) is 11. The number of methoxy groups -OCH3 is 1. The zero-order chi connectivity index (χ0) is 40.3. The summed E-state index contributed by atoms with van der Waals surface area (Å²) in [6.07, 6.45) is 9.04. The Morgan fingerprint density at radius 3 is 2.60 bits per heavy atom. The van der Waals surface area contributed by atoms with E-state index in [0.29, 0.717) is 35.5 Å². The number of carbonyl (C=O) groups excluding carboxylic acids is 4. The van der Waals surface area contributed by atoms with Crippen molar-refractivity contribution in [1.82, 2.24) is 25.5 Å². The normalized spacial score (nSPS) is 26.0. The molecule has 3 fully saturated rings. The number of carboxylic acids is 1. The van der Waals surface area contributed by atoms with Crippen LogP contribution in [0.4, 0.5) is 14.3 Å². The summed E-state index contributed by atoms with van der Waals surface area (Å²) < 4.78 is 33.3. The number of aromatic nitrogens is 2. The molecule has 2 aromatic heterocycles. The van der Waals surface area contributed by atoms with Gasteiger partial charge in [-0.2, -0.15) is 0 Å². The van der Waals surface area contributed by atoms with Crippen LogP contribution in [0.3, 0.4) is 0 Å². The Morgan fingerprint density at radius 1 is 1.05 bits per heavy atom. The average Bonchev–Trinajstić information content (AvgIpc) is 3.62. The molecule has 304 valence electrons. The molecule has 15 nitrogen and oxygen atoms in total. The fraction of sp³-hybridized carbons (Fsp3) is 0.525. The molecule has 1 aromatic carbocycles. The number of anilines is 1. The highest BCUT2D eigenvalue weighted by molar-refractivity contribution is 7.14. The molecule has 2 aliphatic heterocycles. The molecular formula is C40H47FN6O9S. The molecule has 4 N–H and O–H groups in total. The summed E-state index contributed by atoms with van der Waals surface area (Å²) in [4.78, 5) is 76.8. The van der Waals surface area contributed by atoms with E-state index in [4.69, 9.17) is 14.2 Å². The average molecular weight is 807 g/mol. The number of carbonyl (C=O) groups is 5. The Balaban J connectivity index is 1.22. The Morgan fingerprint density at radius 2 is 1.84 bits per heavy atom. The quantitative estimate of drug-likeness (QED) is 0.193. The van der Waals surface area contributed by atoms with Crippen molar-refractivity contribution < 1.29 is 47.7 Å². The topological polar surface area (TPSA) is 198 Å². The number of hydrogen-bond donors (Lipinski definition) is 4. The number of halogens is 1. The highest BCUT2D eigenvalue weighted by Crippen LogP contribution is 2.46. The number of amides is 4. The van der Waals surface area contributed by atoms with Crippen LogP contribution in [0.25, 0.3) is 22.3 Å². The number of nitrogens with zero attached hydrogens (tertiary/aromatic N) is 3. The lowest BCUT2D eigenvalue weighted by atomic mass is 10.0. The monoisotopic (exact) mass is 806 g/mol. The second-order valence-electron chi connectivity index (χ2n) is 15.1. The molecule has 4 aliphatic rings. The minimum absolute atomic E-state index is 0.0330. The SMILES string of the molecule is CCC(=O)Nc1nc(-c2cc(O[C@@H]3C[C@H]4C(=O)N[C@]5(C(=O)O)C[C@@H]5/C=C\CCCCC[C@H](NC(=O)OC5CCCC5)C(=O)N4C3)c3ccc(OC)c(F)c3n2)cs1. The predicted molar refractivity (Wildman–Crippen MR) is 207 cm³/mol. The van der Waals surface area contributed by atoms with Crippen LogP contribution in [0, 0.1) is 11.7 Å². The molecule has 17 heteroatoms. The lowest BCUT2D eigenvalue weighted by molar-refractivity contribution is -0.145. The van der Waals surface area contributed by atoms with Crippen molar-refractivity contribution in [1.29, 1.82) is 0 Å². The maximum Gasteiger partial charge on any atom is 0.408 e. The fourth-order valence-corrected chi connectivity index (χ4v) is 8.63. The molecule has 3 aromatic rings. The van der Waals surface area contributed by atoms with Crippen molar-refractivity contribution in [2.75, 3.05) is 19.0 Å². The van der Waals surface area contributed by atoms with Gasteiger partial charge in [0.05, 0.1) is 19.3 Å². The van der Waals surface area contributed by atoms with Crippen molar-refractivity contribution in [2.24, 2.45) is 5.92 Å². The van der Waals surface area contributed by atoms with E-state index in [-0.39, 0.29) is 60.5 Å². The van der Waals surface area contributed by atoms with Crippen molar-refractivity contribution in [3.05, 3.63) is 41.5 Å². The third kappa shape index (κ3) is 8.67. The first-order valence-corrected chi connectivity index (χ1v) is 20.5. The van der Waals surface area contributed by atoms with Gasteiger partial charge in [0, 0.05) is 35.6 Å². The maximum absolute atomic E-state index is 15.8. The third-order valence-corrected chi connectivity index (χ3v) is 11.9. The molecule has 2 saturated carbocycles. The summed E-state index contributed by atoms with van der Waals surface area (Å²) in [5, 5.41) is 20.8. The number of fused-ring (bicyclic) bond motifs is 3. The fourth-order valence-electron chi connectivity index (χ4n) is 7.91. The summed E-state index contributed by atoms with van der Waals surface area (Å²) in [6, 6.07) is 2.44. The number of benzene rings is 1. The van der Waals surface area contributed by atoms with Gasteiger partial charge in [-0.15, -0.1) is 11.3 Å². The molecule has 4 heterocycles. The number of pyridine rings is 1. The van der Waals surface area contributed by atoms with Crippen molar-refractivity contribution in [2.45, 2.75) is 114 Å². The van der Waals surface area contributed by atoms with Crippen LogP contribution in [0.15, 0.2) is 35.7 Å². The summed E-state index contributed by atoms with van der Waals surface area (Å²) in [5.41, 5.74) is -1.00. The lowest BCUT2D eigenvalue weighted by Gasteiger charge is -2.29. The first kappa shape index (κ1) is 39.9. The van der Waals surface area contributed by atoms with Crippen molar-refractivity contribution in [3.63, 3.8) is 0 Å².